The molecule has 0 bridgehead atoms. The van der Waals surface area contributed by atoms with Gasteiger partial charge in [0.2, 0.25) is 6.41 Å². The zero-order valence-corrected chi connectivity index (χ0v) is 52.9. The van der Waals surface area contributed by atoms with Gasteiger partial charge in [0.1, 0.15) is 30.0 Å². The van der Waals surface area contributed by atoms with Gasteiger partial charge in [0.05, 0.1) is 57.3 Å². The number of carboxylic acid groups (broad SMARTS) is 1. The second-order valence-corrected chi connectivity index (χ2v) is 23.5. The van der Waals surface area contributed by atoms with Crippen LogP contribution in [0.3, 0.4) is 0 Å². The van der Waals surface area contributed by atoms with Crippen molar-refractivity contribution in [3.8, 4) is 11.5 Å². The SMILES string of the molecule is CC.CC(=N)/C1=C(\C(N)c2ccc(OCCOCCOCCOCCNC=O)cc2)CCCC(OC=O)CC1.CCc1c2c(cc3c1N(CC)CCC3)C(c1ccc(C)cc1C(=O)O)=C1C=C3CCCN4CCCC(=C1O2)C34.CNCC(C)(C)C. The standard InChI is InChI=1S/C34H38N2O3.C27H41N3O7.C6H15N.C2H6/c1-4-23-30-21(9-6-14-35(30)5-2)18-27-29(24-13-12-20(3)17-26(24)34(37)38)28-19-22-10-7-15-36-16-8-11-25(31(22)36)33(28)39-32(23)27;1-21(28)25-10-9-23(37-20-32)3-2-4-26(25)27(29)22-5-7-24(8-6-22)36-18-17-35-16-15-34-14-13-33-12-11-30-19-31;1-6(2,3)5-7-4;1-2/h12-13,17-19,31H,4-11,14-16H2,1-3H3,(H,37,38);5-8,19-20,23,27-28H,2-4,9-18,29H2,1H3,(H,30,31);7H,5H2,1-4H3;1-2H3/b;26-25-,28-21?;;. The number of carbonyl (C=O) groups is 3. The molecular weight excluding hydrogens is 1070 g/mol. The fraction of sp³-hybridized carbons (Fsp3) is 0.565. The molecule has 16 nitrogen and oxygen atoms in total. The van der Waals surface area contributed by atoms with E-state index in [0.29, 0.717) is 101 Å². The number of nitrogens with one attached hydrogen (secondary N) is 3. The number of carbonyl (C=O) groups excluding carboxylic acids is 2. The predicted molar refractivity (Wildman–Crippen MR) is 340 cm³/mol. The lowest BCUT2D eigenvalue weighted by Gasteiger charge is -2.46. The van der Waals surface area contributed by atoms with Crippen LogP contribution >= 0.6 is 0 Å². The molecular formula is C69H100N6O10. The number of aromatic carboxylic acids is 1. The van der Waals surface area contributed by atoms with Gasteiger partial charge in [-0.05, 0) is 199 Å². The Kier molecular flexibility index (Phi) is 27.4. The maximum Gasteiger partial charge on any atom is 0.336 e. The molecule has 4 aliphatic heterocycles. The Hall–Kier alpha value is -6.14. The number of anilines is 1. The summed E-state index contributed by atoms with van der Waals surface area (Å²) in [4.78, 5) is 38.6. The van der Waals surface area contributed by atoms with E-state index in [1.54, 1.807) is 6.92 Å². The highest BCUT2D eigenvalue weighted by Gasteiger charge is 2.42. The minimum atomic E-state index is -0.877. The van der Waals surface area contributed by atoms with Crippen LogP contribution < -0.4 is 30.7 Å². The number of nitrogens with two attached hydrogens (primary N) is 1. The first-order valence-electron chi connectivity index (χ1n) is 31.4. The molecule has 0 radical (unpaired) electrons. The average molecular weight is 1170 g/mol. The van der Waals surface area contributed by atoms with Crippen molar-refractivity contribution in [2.45, 2.75) is 158 Å². The summed E-state index contributed by atoms with van der Waals surface area (Å²) in [6.45, 7) is 28.5. The molecule has 9 rings (SSSR count). The number of allylic oxidation sites excluding steroid dienone is 2. The number of amides is 1. The number of hydrogen-bond donors (Lipinski definition) is 5. The summed E-state index contributed by atoms with van der Waals surface area (Å²) in [5.74, 6) is 1.79. The first kappa shape index (κ1) is 68.0. The van der Waals surface area contributed by atoms with Crippen molar-refractivity contribution in [1.82, 2.24) is 15.5 Å². The number of piperidine rings is 2. The summed E-state index contributed by atoms with van der Waals surface area (Å²) in [5.41, 5.74) is 22.8. The Morgan fingerprint density at radius 2 is 1.54 bits per heavy atom. The molecule has 3 atom stereocenters. The number of benzene rings is 3. The minimum absolute atomic E-state index is 0.0966. The van der Waals surface area contributed by atoms with E-state index in [1.807, 2.05) is 64.2 Å². The van der Waals surface area contributed by atoms with E-state index < -0.39 is 5.97 Å². The van der Waals surface area contributed by atoms with Gasteiger partial charge < -0.3 is 60.2 Å². The molecule has 85 heavy (non-hydrogen) atoms. The van der Waals surface area contributed by atoms with Crippen molar-refractivity contribution < 1.29 is 47.9 Å². The Morgan fingerprint density at radius 3 is 2.16 bits per heavy atom. The largest absolute Gasteiger partial charge is 0.491 e. The predicted octanol–water partition coefficient (Wildman–Crippen LogP) is 11.7. The summed E-state index contributed by atoms with van der Waals surface area (Å²) in [6, 6.07) is 16.0. The van der Waals surface area contributed by atoms with Gasteiger partial charge in [-0.1, -0.05) is 71.4 Å². The Balaban J connectivity index is 0.000000239. The molecule has 6 N–H and O–H groups in total. The minimum Gasteiger partial charge on any atom is -0.491 e. The number of aryl methyl sites for hydroxylation is 2. The van der Waals surface area contributed by atoms with Gasteiger partial charge in [0.15, 0.2) is 0 Å². The van der Waals surface area contributed by atoms with Crippen molar-refractivity contribution in [3.63, 3.8) is 0 Å². The topological polar surface area (TPSA) is 207 Å². The van der Waals surface area contributed by atoms with Gasteiger partial charge in [-0.25, -0.2) is 4.79 Å². The molecule has 2 aliphatic carbocycles. The molecule has 3 aromatic carbocycles. The second-order valence-electron chi connectivity index (χ2n) is 23.5. The normalized spacial score (nSPS) is 19.3. The van der Waals surface area contributed by atoms with Crippen molar-refractivity contribution in [3.05, 3.63) is 127 Å². The van der Waals surface area contributed by atoms with Crippen LogP contribution in [0.5, 0.6) is 11.5 Å². The molecule has 16 heteroatoms. The number of fused-ring (bicyclic) bond motifs is 3. The maximum absolute atomic E-state index is 12.6. The number of rotatable bonds is 24. The molecule has 4 heterocycles. The van der Waals surface area contributed by atoms with Crippen LogP contribution in [0.15, 0.2) is 88.2 Å². The van der Waals surface area contributed by atoms with E-state index in [4.69, 9.17) is 39.6 Å². The summed E-state index contributed by atoms with van der Waals surface area (Å²) >= 11 is 0. The highest BCUT2D eigenvalue weighted by Crippen LogP contribution is 2.53. The fourth-order valence-corrected chi connectivity index (χ4v) is 12.6. The van der Waals surface area contributed by atoms with Crippen LogP contribution in [0, 0.1) is 17.7 Å². The number of ether oxygens (including phenoxy) is 6. The monoisotopic (exact) mass is 1170 g/mol. The summed E-state index contributed by atoms with van der Waals surface area (Å²) in [7, 11) is 1.98. The van der Waals surface area contributed by atoms with E-state index >= 15 is 0 Å². The summed E-state index contributed by atoms with van der Waals surface area (Å²) < 4.78 is 34.3. The van der Waals surface area contributed by atoms with Crippen LogP contribution in [0.1, 0.15) is 169 Å². The first-order chi connectivity index (χ1) is 41.1. The zero-order valence-electron chi connectivity index (χ0n) is 52.9. The van der Waals surface area contributed by atoms with Crippen LogP contribution in [-0.4, -0.2) is 139 Å². The van der Waals surface area contributed by atoms with E-state index in [9.17, 15) is 19.5 Å². The van der Waals surface area contributed by atoms with Crippen molar-refractivity contribution in [2.75, 3.05) is 97.5 Å². The highest BCUT2D eigenvalue weighted by molar-refractivity contribution is 6.02. The van der Waals surface area contributed by atoms with Crippen molar-refractivity contribution in [1.29, 1.82) is 5.41 Å². The molecule has 0 spiro atoms. The van der Waals surface area contributed by atoms with E-state index in [-0.39, 0.29) is 12.1 Å². The highest BCUT2D eigenvalue weighted by atomic mass is 16.6. The number of hydrogen-bond acceptors (Lipinski definition) is 14. The lowest BCUT2D eigenvalue weighted by Crippen LogP contribution is -2.47. The molecule has 3 unspecified atom stereocenters. The van der Waals surface area contributed by atoms with E-state index in [1.165, 1.54) is 34.4 Å². The molecule has 0 aromatic heterocycles. The van der Waals surface area contributed by atoms with Gasteiger partial charge in [0.25, 0.3) is 6.47 Å². The average Bonchev–Trinajstić information content (AvgIpc) is 0.943. The summed E-state index contributed by atoms with van der Waals surface area (Å²) in [6.07, 6.45) is 14.2. The van der Waals surface area contributed by atoms with Crippen LogP contribution in [0.4, 0.5) is 5.69 Å². The van der Waals surface area contributed by atoms with Crippen molar-refractivity contribution in [2.24, 2.45) is 11.1 Å². The lowest BCUT2D eigenvalue weighted by molar-refractivity contribution is -0.134. The molecule has 2 fully saturated rings. The van der Waals surface area contributed by atoms with E-state index in [2.05, 4.69) is 73.3 Å². The summed E-state index contributed by atoms with van der Waals surface area (Å²) in [5, 5.41) is 24.2. The van der Waals surface area contributed by atoms with Gasteiger partial charge in [-0.2, -0.15) is 0 Å². The van der Waals surface area contributed by atoms with E-state index in [0.717, 1.165) is 152 Å². The molecule has 466 valence electrons. The number of nitrogens with zero attached hydrogens (tertiary/aromatic N) is 2. The number of carboxylic acids is 1. The Labute approximate surface area is 507 Å². The van der Waals surface area contributed by atoms with Gasteiger partial charge in [-0.15, -0.1) is 0 Å². The quantitative estimate of drug-likeness (QED) is 0.0321. The van der Waals surface area contributed by atoms with Crippen LogP contribution in [-0.2, 0) is 41.4 Å². The molecule has 3 aromatic rings. The maximum atomic E-state index is 12.6. The first-order valence-corrected chi connectivity index (χ1v) is 31.4. The van der Waals surface area contributed by atoms with Crippen LogP contribution in [0.2, 0.25) is 0 Å². The Bertz CT molecular complexity index is 2830. The molecule has 2 saturated heterocycles. The molecule has 0 saturated carbocycles. The van der Waals surface area contributed by atoms with Gasteiger partial charge in [0, 0.05) is 53.3 Å². The molecule has 1 amide bonds. The van der Waals surface area contributed by atoms with Gasteiger partial charge in [-0.3, -0.25) is 14.5 Å². The third-order valence-electron chi connectivity index (χ3n) is 16.3. The third kappa shape index (κ3) is 18.4. The smallest absolute Gasteiger partial charge is 0.336 e. The fourth-order valence-electron chi connectivity index (χ4n) is 12.6. The Morgan fingerprint density at radius 1 is 0.859 bits per heavy atom. The third-order valence-corrected chi connectivity index (χ3v) is 16.3. The van der Waals surface area contributed by atoms with Gasteiger partial charge >= 0.3 is 5.97 Å². The van der Waals surface area contributed by atoms with Crippen molar-refractivity contribution >= 4 is 35.8 Å². The molecule has 6 aliphatic rings. The lowest BCUT2D eigenvalue weighted by atomic mass is 9.74. The van der Waals surface area contributed by atoms with Crippen LogP contribution in [0.25, 0.3) is 5.57 Å². The zero-order chi connectivity index (χ0) is 61.5. The second kappa shape index (κ2) is 34.3.